The molecular weight excluding hydrogens is 488 g/mol. The van der Waals surface area contributed by atoms with Crippen LogP contribution in [0.1, 0.15) is 16.1 Å². The van der Waals surface area contributed by atoms with Gasteiger partial charge < -0.3 is 24.1 Å². The molecule has 0 radical (unpaired) electrons. The summed E-state index contributed by atoms with van der Waals surface area (Å²) in [6.07, 6.45) is 2.85. The van der Waals surface area contributed by atoms with Crippen LogP contribution in [0.5, 0.6) is 11.5 Å². The first-order valence-corrected chi connectivity index (χ1v) is 12.4. The quantitative estimate of drug-likeness (QED) is 0.236. The Hall–Kier alpha value is -4.38. The normalized spacial score (nSPS) is 19.8. The number of piperidine rings is 1. The zero-order valence-electron chi connectivity index (χ0n) is 21.3. The van der Waals surface area contributed by atoms with E-state index < -0.39 is 5.91 Å². The number of hydrogen-bond acceptors (Lipinski definition) is 10. The minimum atomic E-state index is -0.628. The van der Waals surface area contributed by atoms with Crippen LogP contribution in [0.2, 0.25) is 0 Å². The minimum Gasteiger partial charge on any atom is -0.493 e. The highest BCUT2D eigenvalue weighted by Crippen LogP contribution is 2.52. The number of hydroxylamine groups is 1. The highest BCUT2D eigenvalue weighted by atomic mass is 16.5. The zero-order valence-corrected chi connectivity index (χ0v) is 21.3. The molecule has 1 aromatic carbocycles. The number of furan rings is 1. The van der Waals surface area contributed by atoms with E-state index >= 15 is 0 Å². The Morgan fingerprint density at radius 2 is 1.82 bits per heavy atom. The number of rotatable bonds is 8. The van der Waals surface area contributed by atoms with Gasteiger partial charge in [-0.2, -0.15) is 0 Å². The molecule has 1 aliphatic carbocycles. The average molecular weight is 517 g/mol. The fourth-order valence-electron chi connectivity index (χ4n) is 5.41. The second-order valence-corrected chi connectivity index (χ2v) is 9.68. The summed E-state index contributed by atoms with van der Waals surface area (Å²) >= 11 is 0. The van der Waals surface area contributed by atoms with Crippen molar-refractivity contribution in [1.82, 2.24) is 20.4 Å². The van der Waals surface area contributed by atoms with Crippen LogP contribution in [-0.2, 0) is 0 Å². The van der Waals surface area contributed by atoms with Crippen molar-refractivity contribution in [2.45, 2.75) is 6.92 Å². The summed E-state index contributed by atoms with van der Waals surface area (Å²) in [5.41, 5.74) is 4.30. The van der Waals surface area contributed by atoms with Gasteiger partial charge in [-0.05, 0) is 48.9 Å². The number of carbonyl (C=O) groups is 1. The summed E-state index contributed by atoms with van der Waals surface area (Å²) in [6, 6.07) is 9.72. The van der Waals surface area contributed by atoms with E-state index in [4.69, 9.17) is 24.1 Å². The van der Waals surface area contributed by atoms with Gasteiger partial charge in [-0.15, -0.1) is 0 Å². The molecule has 2 fully saturated rings. The lowest BCUT2D eigenvalue weighted by molar-refractivity contribution is 0.0705. The van der Waals surface area contributed by atoms with Gasteiger partial charge in [0.15, 0.2) is 17.3 Å². The maximum Gasteiger partial charge on any atom is 0.277 e. The van der Waals surface area contributed by atoms with Crippen molar-refractivity contribution in [3.8, 4) is 23.0 Å². The molecule has 1 aliphatic heterocycles. The molecule has 38 heavy (non-hydrogen) atoms. The molecule has 196 valence electrons. The van der Waals surface area contributed by atoms with E-state index in [9.17, 15) is 4.79 Å². The van der Waals surface area contributed by atoms with E-state index in [0.29, 0.717) is 41.0 Å². The number of ether oxygens (including phenoxy) is 2. The third-order valence-electron chi connectivity index (χ3n) is 7.49. The molecule has 2 unspecified atom stereocenters. The van der Waals surface area contributed by atoms with E-state index in [1.54, 1.807) is 19.7 Å². The number of amides is 1. The first-order valence-electron chi connectivity index (χ1n) is 12.4. The Kier molecular flexibility index (Phi) is 5.99. The van der Waals surface area contributed by atoms with Crippen molar-refractivity contribution >= 4 is 28.4 Å². The first-order chi connectivity index (χ1) is 18.5. The number of benzene rings is 1. The van der Waals surface area contributed by atoms with Crippen molar-refractivity contribution in [3.05, 3.63) is 54.0 Å². The van der Waals surface area contributed by atoms with Gasteiger partial charge in [-0.25, -0.2) is 20.4 Å². The number of nitrogens with one attached hydrogen (secondary N) is 2. The smallest absolute Gasteiger partial charge is 0.277 e. The lowest BCUT2D eigenvalue weighted by Crippen LogP contribution is -2.28. The second kappa shape index (κ2) is 9.49. The number of aromatic nitrogens is 3. The summed E-state index contributed by atoms with van der Waals surface area (Å²) in [7, 11) is 3.24. The highest BCUT2D eigenvalue weighted by molar-refractivity contribution is 5.95. The Morgan fingerprint density at radius 1 is 1.11 bits per heavy atom. The molecule has 11 heteroatoms. The summed E-state index contributed by atoms with van der Waals surface area (Å²) in [4.78, 5) is 27.1. The van der Waals surface area contributed by atoms with Crippen molar-refractivity contribution < 1.29 is 23.9 Å². The summed E-state index contributed by atoms with van der Waals surface area (Å²) in [5, 5.41) is 13.4. The molecule has 4 aromatic rings. The van der Waals surface area contributed by atoms with Gasteiger partial charge >= 0.3 is 0 Å². The van der Waals surface area contributed by atoms with Crippen LogP contribution in [-0.4, -0.2) is 59.9 Å². The monoisotopic (exact) mass is 516 g/mol. The van der Waals surface area contributed by atoms with Gasteiger partial charge in [-0.1, -0.05) is 0 Å². The number of anilines is 2. The molecule has 11 nitrogen and oxygen atoms in total. The van der Waals surface area contributed by atoms with Crippen molar-refractivity contribution in [2.75, 3.05) is 44.1 Å². The predicted molar refractivity (Wildman–Crippen MR) is 140 cm³/mol. The fourth-order valence-corrected chi connectivity index (χ4v) is 5.41. The van der Waals surface area contributed by atoms with Gasteiger partial charge in [-0.3, -0.25) is 10.0 Å². The lowest BCUT2D eigenvalue weighted by atomic mass is 10.1. The van der Waals surface area contributed by atoms with Crippen molar-refractivity contribution in [3.63, 3.8) is 0 Å². The van der Waals surface area contributed by atoms with Crippen molar-refractivity contribution in [2.24, 2.45) is 17.8 Å². The van der Waals surface area contributed by atoms with Crippen LogP contribution < -0.4 is 25.2 Å². The molecule has 0 spiro atoms. The Bertz CT molecular complexity index is 1490. The summed E-state index contributed by atoms with van der Waals surface area (Å²) < 4.78 is 16.9. The Morgan fingerprint density at radius 3 is 2.45 bits per heavy atom. The standard InChI is InChI=1S/C27H28N6O5/c1-14-4-5-23(38-14)22-7-20(16-6-24(36-2)25(37-3)8-21(16)31-22)28-11-17-18-12-33(13-19(17)18)27-29-9-15(10-30-27)26(34)32-35/h4-10,17-19,35H,11-13H2,1-3H3,(H,28,31)(H,32,34). The highest BCUT2D eigenvalue weighted by Gasteiger charge is 2.55. The molecular formula is C27H28N6O5. The van der Waals surface area contributed by atoms with Gasteiger partial charge in [0, 0.05) is 49.2 Å². The average Bonchev–Trinajstić information content (AvgIpc) is 3.25. The number of carbonyl (C=O) groups excluding carboxylic acids is 1. The Balaban J connectivity index is 1.19. The molecule has 1 amide bonds. The number of methoxy groups -OCH3 is 2. The molecule has 2 aliphatic rings. The lowest BCUT2D eigenvalue weighted by Gasteiger charge is -2.20. The van der Waals surface area contributed by atoms with Crippen molar-refractivity contribution in [1.29, 1.82) is 0 Å². The maximum absolute atomic E-state index is 11.5. The van der Waals surface area contributed by atoms with Crippen LogP contribution in [0.15, 0.2) is 47.1 Å². The Labute approximate surface area is 218 Å². The van der Waals surface area contributed by atoms with E-state index in [0.717, 1.165) is 47.7 Å². The number of aryl methyl sites for hydroxylation is 1. The summed E-state index contributed by atoms with van der Waals surface area (Å²) in [5.74, 6) is 4.39. The number of fused-ring (bicyclic) bond motifs is 2. The third-order valence-corrected chi connectivity index (χ3v) is 7.49. The largest absolute Gasteiger partial charge is 0.493 e. The predicted octanol–water partition coefficient (Wildman–Crippen LogP) is 3.52. The third kappa shape index (κ3) is 4.24. The molecule has 1 saturated carbocycles. The van der Waals surface area contributed by atoms with Crippen LogP contribution >= 0.6 is 0 Å². The van der Waals surface area contributed by atoms with Gasteiger partial charge in [0.05, 0.1) is 25.3 Å². The molecule has 3 N–H and O–H groups in total. The molecule has 3 aromatic heterocycles. The SMILES string of the molecule is COc1cc2nc(-c3ccc(C)o3)cc(NCC3C4CN(c5ncc(C(=O)NO)cn5)CC34)c2cc1OC. The van der Waals surface area contributed by atoms with Gasteiger partial charge in [0.2, 0.25) is 5.95 Å². The summed E-state index contributed by atoms with van der Waals surface area (Å²) in [6.45, 7) is 4.46. The number of pyridine rings is 1. The molecule has 6 rings (SSSR count). The number of hydrogen-bond donors (Lipinski definition) is 3. The van der Waals surface area contributed by atoms with Gasteiger partial charge in [0.1, 0.15) is 11.5 Å². The maximum atomic E-state index is 11.5. The van der Waals surface area contributed by atoms with E-state index in [1.807, 2.05) is 37.3 Å². The van der Waals surface area contributed by atoms with Gasteiger partial charge in [0.25, 0.3) is 5.91 Å². The van der Waals surface area contributed by atoms with E-state index in [2.05, 4.69) is 20.2 Å². The number of nitrogens with zero attached hydrogens (tertiary/aromatic N) is 4. The van der Waals surface area contributed by atoms with E-state index in [-0.39, 0.29) is 5.56 Å². The molecule has 4 heterocycles. The molecule has 2 atom stereocenters. The van der Waals surface area contributed by atoms with Crippen LogP contribution in [0.3, 0.4) is 0 Å². The minimum absolute atomic E-state index is 0.214. The first kappa shape index (κ1) is 24.0. The fraction of sp³-hybridized carbons (Fsp3) is 0.333. The van der Waals surface area contributed by atoms with Crippen LogP contribution in [0.4, 0.5) is 11.6 Å². The zero-order chi connectivity index (χ0) is 26.4. The van der Waals surface area contributed by atoms with Crippen LogP contribution in [0.25, 0.3) is 22.4 Å². The second-order valence-electron chi connectivity index (χ2n) is 9.68. The molecule has 1 saturated heterocycles. The topological polar surface area (TPSA) is 135 Å². The molecule has 0 bridgehead atoms. The van der Waals surface area contributed by atoms with Crippen LogP contribution in [0, 0.1) is 24.7 Å². The van der Waals surface area contributed by atoms with E-state index in [1.165, 1.54) is 12.4 Å².